The second kappa shape index (κ2) is 10.5. The Labute approximate surface area is 231 Å². The molecule has 4 aliphatic rings. The molecule has 1 unspecified atom stereocenters. The van der Waals surface area contributed by atoms with Crippen LogP contribution in [-0.2, 0) is 0 Å². The average Bonchev–Trinajstić information content (AvgIpc) is 3.24. The van der Waals surface area contributed by atoms with Gasteiger partial charge < -0.3 is 20.1 Å². The number of halogens is 3. The minimum absolute atomic E-state index is 0.0328. The first-order chi connectivity index (χ1) is 18.3. The molecule has 0 saturated heterocycles. The van der Waals surface area contributed by atoms with E-state index >= 15 is 8.78 Å². The Morgan fingerprint density at radius 2 is 1.67 bits per heavy atom. The summed E-state index contributed by atoms with van der Waals surface area (Å²) < 4.78 is 50.8. The van der Waals surface area contributed by atoms with Crippen molar-refractivity contribution < 1.29 is 33.2 Å². The van der Waals surface area contributed by atoms with Crippen LogP contribution in [0.2, 0.25) is 0 Å². The standard InChI is InChI=1S/C32H47F3O4/c1-18(6-5-7-25(36)20-9-8-19(33)16-27(20)39-4)21-10-11-22-28-23(12-14-30(21,22)2)31(3)15-13-26(37)29(38)24(31)17-32(28,34)35/h8-9,16,18,21-26,28-29,36-38H,5-7,10-15,17H2,1-4H3/t18-,21-,22+,23+,24+,25?,26+,28+,29-,30-,31-/m1/s1. The van der Waals surface area contributed by atoms with Crippen molar-refractivity contribution in [3.05, 3.63) is 29.6 Å². The SMILES string of the molecule is COc1cc(F)ccc1C(O)CCC[C@@H](C)[C@H]1CC[C@H]2[C@H]3[C@H](CC[C@]12C)[C@@]1(C)CC[C@H](O)[C@H](O)[C@@H]1CC3(F)F. The third-order valence-electron chi connectivity index (χ3n) is 12.2. The van der Waals surface area contributed by atoms with E-state index in [2.05, 4.69) is 20.8 Å². The molecule has 4 fully saturated rings. The summed E-state index contributed by atoms with van der Waals surface area (Å²) in [5, 5.41) is 31.7. The molecular weight excluding hydrogens is 505 g/mol. The topological polar surface area (TPSA) is 69.9 Å². The summed E-state index contributed by atoms with van der Waals surface area (Å²) >= 11 is 0. The highest BCUT2D eigenvalue weighted by Gasteiger charge is 2.69. The molecule has 4 aliphatic carbocycles. The smallest absolute Gasteiger partial charge is 0.251 e. The maximum atomic E-state index is 16.0. The second-order valence-corrected chi connectivity index (χ2v) is 14.0. The molecule has 11 atom stereocenters. The van der Waals surface area contributed by atoms with Crippen molar-refractivity contribution in [2.45, 2.75) is 109 Å². The molecule has 3 N–H and O–H groups in total. The fourth-order valence-electron chi connectivity index (χ4n) is 10.1. The third kappa shape index (κ3) is 4.82. The highest BCUT2D eigenvalue weighted by Crippen LogP contribution is 2.71. The normalized spacial score (nSPS) is 42.7. The molecule has 4 nitrogen and oxygen atoms in total. The number of hydrogen-bond acceptors (Lipinski definition) is 4. The summed E-state index contributed by atoms with van der Waals surface area (Å²) in [5.74, 6) is -3.55. The van der Waals surface area contributed by atoms with Crippen LogP contribution >= 0.6 is 0 Å². The fraction of sp³-hybridized carbons (Fsp3) is 0.812. The number of hydrogen-bond donors (Lipinski definition) is 3. The summed E-state index contributed by atoms with van der Waals surface area (Å²) in [4.78, 5) is 0. The monoisotopic (exact) mass is 552 g/mol. The second-order valence-electron chi connectivity index (χ2n) is 14.0. The van der Waals surface area contributed by atoms with Crippen molar-refractivity contribution >= 4 is 0 Å². The van der Waals surface area contributed by atoms with Gasteiger partial charge in [0.25, 0.3) is 5.92 Å². The fourth-order valence-corrected chi connectivity index (χ4v) is 10.1. The van der Waals surface area contributed by atoms with Crippen molar-refractivity contribution in [2.24, 2.45) is 46.3 Å². The van der Waals surface area contributed by atoms with Crippen LogP contribution < -0.4 is 4.74 Å². The highest BCUT2D eigenvalue weighted by atomic mass is 19.3. The number of rotatable bonds is 7. The van der Waals surface area contributed by atoms with Gasteiger partial charge in [-0.3, -0.25) is 0 Å². The predicted molar refractivity (Wildman–Crippen MR) is 144 cm³/mol. The van der Waals surface area contributed by atoms with E-state index in [4.69, 9.17) is 4.74 Å². The lowest BCUT2D eigenvalue weighted by Gasteiger charge is -2.63. The molecule has 39 heavy (non-hydrogen) atoms. The summed E-state index contributed by atoms with van der Waals surface area (Å²) in [5.41, 5.74) is 0.0938. The Morgan fingerprint density at radius 3 is 2.38 bits per heavy atom. The Bertz CT molecular complexity index is 1030. The Morgan fingerprint density at radius 1 is 0.974 bits per heavy atom. The molecule has 4 saturated carbocycles. The number of alkyl halides is 2. The van der Waals surface area contributed by atoms with E-state index in [1.165, 1.54) is 19.2 Å². The van der Waals surface area contributed by atoms with Gasteiger partial charge in [0.2, 0.25) is 0 Å². The zero-order valence-electron chi connectivity index (χ0n) is 23.9. The van der Waals surface area contributed by atoms with Crippen LogP contribution in [0, 0.1) is 52.2 Å². The largest absolute Gasteiger partial charge is 0.496 e. The number of ether oxygens (including phenoxy) is 1. The van der Waals surface area contributed by atoms with Gasteiger partial charge in [-0.2, -0.15) is 0 Å². The zero-order valence-corrected chi connectivity index (χ0v) is 23.9. The molecule has 0 spiro atoms. The Hall–Kier alpha value is -1.31. The predicted octanol–water partition coefficient (Wildman–Crippen LogP) is 6.91. The van der Waals surface area contributed by atoms with E-state index in [0.717, 1.165) is 38.5 Å². The van der Waals surface area contributed by atoms with Crippen LogP contribution in [-0.4, -0.2) is 40.6 Å². The molecule has 0 heterocycles. The molecule has 7 heteroatoms. The number of fused-ring (bicyclic) bond motifs is 5. The molecule has 1 aromatic carbocycles. The molecule has 0 radical (unpaired) electrons. The van der Waals surface area contributed by atoms with Gasteiger partial charge in [-0.25, -0.2) is 13.2 Å². The average molecular weight is 553 g/mol. The van der Waals surface area contributed by atoms with E-state index in [9.17, 15) is 19.7 Å². The van der Waals surface area contributed by atoms with E-state index < -0.39 is 41.9 Å². The van der Waals surface area contributed by atoms with Crippen molar-refractivity contribution in [2.75, 3.05) is 7.11 Å². The Kier molecular flexibility index (Phi) is 7.87. The van der Waals surface area contributed by atoms with Crippen molar-refractivity contribution in [1.82, 2.24) is 0 Å². The number of aliphatic hydroxyl groups is 3. The minimum Gasteiger partial charge on any atom is -0.496 e. The van der Waals surface area contributed by atoms with Crippen LogP contribution in [0.25, 0.3) is 0 Å². The van der Waals surface area contributed by atoms with Gasteiger partial charge in [0.05, 0.1) is 25.4 Å². The zero-order chi connectivity index (χ0) is 28.3. The summed E-state index contributed by atoms with van der Waals surface area (Å²) in [6.45, 7) is 6.60. The maximum Gasteiger partial charge on any atom is 0.251 e. The van der Waals surface area contributed by atoms with E-state index in [-0.39, 0.29) is 29.1 Å². The molecule has 0 aromatic heterocycles. The summed E-state index contributed by atoms with van der Waals surface area (Å²) in [6, 6.07) is 4.20. The molecule has 0 amide bonds. The molecule has 220 valence electrons. The third-order valence-corrected chi connectivity index (χ3v) is 12.2. The molecule has 0 bridgehead atoms. The van der Waals surface area contributed by atoms with Crippen LogP contribution in [0.3, 0.4) is 0 Å². The first-order valence-corrected chi connectivity index (χ1v) is 15.1. The summed E-state index contributed by atoms with van der Waals surface area (Å²) in [6.07, 6.45) is 3.87. The van der Waals surface area contributed by atoms with Gasteiger partial charge in [0.1, 0.15) is 11.6 Å². The van der Waals surface area contributed by atoms with Crippen molar-refractivity contribution in [3.8, 4) is 5.75 Å². The van der Waals surface area contributed by atoms with Gasteiger partial charge in [-0.15, -0.1) is 0 Å². The van der Waals surface area contributed by atoms with Crippen LogP contribution in [0.4, 0.5) is 13.2 Å². The van der Waals surface area contributed by atoms with Crippen LogP contribution in [0.5, 0.6) is 5.75 Å². The first kappa shape index (κ1) is 29.2. The van der Waals surface area contributed by atoms with Crippen LogP contribution in [0.1, 0.15) is 96.6 Å². The highest BCUT2D eigenvalue weighted by molar-refractivity contribution is 5.35. The molecular formula is C32H47F3O4. The molecule has 0 aliphatic heterocycles. The van der Waals surface area contributed by atoms with Crippen molar-refractivity contribution in [1.29, 1.82) is 0 Å². The number of benzene rings is 1. The Balaban J connectivity index is 1.27. The van der Waals surface area contributed by atoms with Gasteiger partial charge in [-0.05, 0) is 97.5 Å². The van der Waals surface area contributed by atoms with Gasteiger partial charge in [0.15, 0.2) is 0 Å². The lowest BCUT2D eigenvalue weighted by atomic mass is 9.43. The quantitative estimate of drug-likeness (QED) is 0.344. The lowest BCUT2D eigenvalue weighted by Crippen LogP contribution is -2.64. The van der Waals surface area contributed by atoms with E-state index in [1.54, 1.807) is 6.07 Å². The first-order valence-electron chi connectivity index (χ1n) is 15.1. The number of aliphatic hydroxyl groups excluding tert-OH is 3. The molecule has 1 aromatic rings. The summed E-state index contributed by atoms with van der Waals surface area (Å²) in [7, 11) is 1.47. The maximum absolute atomic E-state index is 16.0. The minimum atomic E-state index is -2.84. The van der Waals surface area contributed by atoms with Crippen LogP contribution in [0.15, 0.2) is 18.2 Å². The van der Waals surface area contributed by atoms with Gasteiger partial charge in [-0.1, -0.05) is 33.6 Å². The lowest BCUT2D eigenvalue weighted by molar-refractivity contribution is -0.258. The van der Waals surface area contributed by atoms with Crippen molar-refractivity contribution in [3.63, 3.8) is 0 Å². The molecule has 5 rings (SSSR count). The van der Waals surface area contributed by atoms with E-state index in [0.29, 0.717) is 42.4 Å². The van der Waals surface area contributed by atoms with Gasteiger partial charge in [0, 0.05) is 24.0 Å². The van der Waals surface area contributed by atoms with Gasteiger partial charge >= 0.3 is 0 Å². The number of methoxy groups -OCH3 is 1. The van der Waals surface area contributed by atoms with E-state index in [1.807, 2.05) is 0 Å².